The first-order valence-corrected chi connectivity index (χ1v) is 4.12. The first kappa shape index (κ1) is 8.53. The third-order valence-electron chi connectivity index (χ3n) is 2.07. The van der Waals surface area contributed by atoms with Gasteiger partial charge >= 0.3 is 0 Å². The van der Waals surface area contributed by atoms with Crippen LogP contribution >= 0.6 is 0 Å². The van der Waals surface area contributed by atoms with Gasteiger partial charge in [0, 0.05) is 6.42 Å². The Labute approximate surface area is 66.9 Å². The van der Waals surface area contributed by atoms with Gasteiger partial charge in [-0.15, -0.1) is 0 Å². The Balaban J connectivity index is 2.17. The van der Waals surface area contributed by atoms with Gasteiger partial charge in [0.1, 0.15) is 0 Å². The standard InChI is InChI=1S/C8H15NO2/c1-2-6(4-8(9)10)3-7-5-11-7/h6-7H,2-5H2,1H3,(H2,9,10). The molecule has 1 heterocycles. The molecule has 1 aliphatic heterocycles. The van der Waals surface area contributed by atoms with Crippen LogP contribution < -0.4 is 5.73 Å². The van der Waals surface area contributed by atoms with Crippen LogP contribution in [0.2, 0.25) is 0 Å². The van der Waals surface area contributed by atoms with Crippen molar-refractivity contribution in [1.29, 1.82) is 0 Å². The molecule has 3 nitrogen and oxygen atoms in total. The SMILES string of the molecule is CCC(CC(N)=O)CC1CO1. The fourth-order valence-corrected chi connectivity index (χ4v) is 1.25. The number of hydrogen-bond acceptors (Lipinski definition) is 2. The van der Waals surface area contributed by atoms with Gasteiger partial charge in [0.05, 0.1) is 12.7 Å². The lowest BCUT2D eigenvalue weighted by Gasteiger charge is -2.09. The molecule has 0 bridgehead atoms. The van der Waals surface area contributed by atoms with Crippen LogP contribution in [-0.2, 0) is 9.53 Å². The van der Waals surface area contributed by atoms with Gasteiger partial charge in [-0.05, 0) is 12.3 Å². The van der Waals surface area contributed by atoms with E-state index in [1.54, 1.807) is 0 Å². The lowest BCUT2D eigenvalue weighted by molar-refractivity contribution is -0.119. The molecule has 1 rings (SSSR count). The Morgan fingerprint density at radius 1 is 1.82 bits per heavy atom. The van der Waals surface area contributed by atoms with Crippen LogP contribution in [0.4, 0.5) is 0 Å². The Kier molecular flexibility index (Phi) is 2.88. The van der Waals surface area contributed by atoms with E-state index in [9.17, 15) is 4.79 Å². The molecule has 0 spiro atoms. The maximum absolute atomic E-state index is 10.6. The summed E-state index contributed by atoms with van der Waals surface area (Å²) in [5.74, 6) is 0.234. The van der Waals surface area contributed by atoms with E-state index in [0.29, 0.717) is 18.4 Å². The van der Waals surface area contributed by atoms with E-state index in [1.807, 2.05) is 0 Å². The number of ether oxygens (including phenoxy) is 1. The van der Waals surface area contributed by atoms with Gasteiger partial charge in [0.15, 0.2) is 0 Å². The second-order valence-electron chi connectivity index (χ2n) is 3.14. The first-order chi connectivity index (χ1) is 5.22. The Morgan fingerprint density at radius 2 is 2.45 bits per heavy atom. The lowest BCUT2D eigenvalue weighted by atomic mass is 9.97. The maximum Gasteiger partial charge on any atom is 0.217 e. The molecule has 1 amide bonds. The highest BCUT2D eigenvalue weighted by Crippen LogP contribution is 2.23. The Bertz CT molecular complexity index is 143. The molecule has 2 atom stereocenters. The monoisotopic (exact) mass is 157 g/mol. The molecule has 0 aromatic heterocycles. The van der Waals surface area contributed by atoms with E-state index in [2.05, 4.69) is 6.92 Å². The summed E-state index contributed by atoms with van der Waals surface area (Å²) in [4.78, 5) is 10.6. The van der Waals surface area contributed by atoms with Crippen LogP contribution in [0.15, 0.2) is 0 Å². The van der Waals surface area contributed by atoms with Gasteiger partial charge in [0.2, 0.25) is 5.91 Å². The summed E-state index contributed by atoms with van der Waals surface area (Å²) in [7, 11) is 0. The average molecular weight is 157 g/mol. The van der Waals surface area contributed by atoms with Crippen molar-refractivity contribution in [2.24, 2.45) is 11.7 Å². The number of hydrogen-bond donors (Lipinski definition) is 1. The zero-order valence-corrected chi connectivity index (χ0v) is 6.88. The van der Waals surface area contributed by atoms with E-state index in [0.717, 1.165) is 19.4 Å². The second kappa shape index (κ2) is 3.72. The topological polar surface area (TPSA) is 55.6 Å². The van der Waals surface area contributed by atoms with Crippen LogP contribution in [0.5, 0.6) is 0 Å². The molecule has 3 heteroatoms. The Morgan fingerprint density at radius 3 is 2.82 bits per heavy atom. The predicted octanol–water partition coefficient (Wildman–Crippen LogP) is 0.677. The largest absolute Gasteiger partial charge is 0.373 e. The molecular formula is C8H15NO2. The van der Waals surface area contributed by atoms with Crippen LogP contribution in [0.1, 0.15) is 26.2 Å². The molecule has 0 aromatic carbocycles. The van der Waals surface area contributed by atoms with Gasteiger partial charge in [-0.2, -0.15) is 0 Å². The quantitative estimate of drug-likeness (QED) is 0.596. The van der Waals surface area contributed by atoms with Crippen LogP contribution in [0.25, 0.3) is 0 Å². The number of rotatable bonds is 5. The van der Waals surface area contributed by atoms with Crippen molar-refractivity contribution >= 4 is 5.91 Å². The van der Waals surface area contributed by atoms with Gasteiger partial charge in [-0.25, -0.2) is 0 Å². The molecule has 0 aliphatic carbocycles. The molecule has 1 aliphatic rings. The van der Waals surface area contributed by atoms with E-state index in [-0.39, 0.29) is 5.91 Å². The summed E-state index contributed by atoms with van der Waals surface area (Å²) in [5.41, 5.74) is 5.09. The molecule has 64 valence electrons. The van der Waals surface area contributed by atoms with Gasteiger partial charge in [-0.3, -0.25) is 4.79 Å². The highest BCUT2D eigenvalue weighted by Gasteiger charge is 2.26. The highest BCUT2D eigenvalue weighted by molar-refractivity contribution is 5.73. The van der Waals surface area contributed by atoms with Crippen molar-refractivity contribution in [3.63, 3.8) is 0 Å². The normalized spacial score (nSPS) is 24.6. The van der Waals surface area contributed by atoms with Crippen LogP contribution in [0, 0.1) is 5.92 Å². The maximum atomic E-state index is 10.6. The van der Waals surface area contributed by atoms with Crippen LogP contribution in [0.3, 0.4) is 0 Å². The summed E-state index contributed by atoms with van der Waals surface area (Å²) in [5, 5.41) is 0. The number of carbonyl (C=O) groups is 1. The van der Waals surface area contributed by atoms with Crippen molar-refractivity contribution in [1.82, 2.24) is 0 Å². The minimum absolute atomic E-state index is 0.197. The second-order valence-corrected chi connectivity index (χ2v) is 3.14. The molecule has 2 N–H and O–H groups in total. The smallest absolute Gasteiger partial charge is 0.217 e. The third-order valence-corrected chi connectivity index (χ3v) is 2.07. The van der Waals surface area contributed by atoms with E-state index >= 15 is 0 Å². The number of carbonyl (C=O) groups excluding carboxylic acids is 1. The summed E-state index contributed by atoms with van der Waals surface area (Å²) >= 11 is 0. The minimum atomic E-state index is -0.197. The van der Waals surface area contributed by atoms with Crippen molar-refractivity contribution in [3.05, 3.63) is 0 Å². The van der Waals surface area contributed by atoms with Crippen molar-refractivity contribution < 1.29 is 9.53 Å². The minimum Gasteiger partial charge on any atom is -0.373 e. The zero-order chi connectivity index (χ0) is 8.27. The highest BCUT2D eigenvalue weighted by atomic mass is 16.6. The fourth-order valence-electron chi connectivity index (χ4n) is 1.25. The number of nitrogens with two attached hydrogens (primary N) is 1. The molecule has 0 saturated carbocycles. The van der Waals surface area contributed by atoms with E-state index in [1.165, 1.54) is 0 Å². The zero-order valence-electron chi connectivity index (χ0n) is 6.88. The van der Waals surface area contributed by atoms with E-state index in [4.69, 9.17) is 10.5 Å². The van der Waals surface area contributed by atoms with Crippen molar-refractivity contribution in [2.75, 3.05) is 6.61 Å². The molecule has 11 heavy (non-hydrogen) atoms. The predicted molar refractivity (Wildman–Crippen MR) is 41.9 cm³/mol. The molecule has 2 unspecified atom stereocenters. The van der Waals surface area contributed by atoms with Gasteiger partial charge in [0.25, 0.3) is 0 Å². The molecule has 1 saturated heterocycles. The summed E-state index contributed by atoms with van der Waals surface area (Å²) < 4.78 is 5.07. The summed E-state index contributed by atoms with van der Waals surface area (Å²) in [6, 6.07) is 0. The summed E-state index contributed by atoms with van der Waals surface area (Å²) in [6.07, 6.45) is 2.94. The Hall–Kier alpha value is -0.570. The number of epoxide rings is 1. The van der Waals surface area contributed by atoms with Crippen LogP contribution in [-0.4, -0.2) is 18.6 Å². The molecule has 0 radical (unpaired) electrons. The number of amides is 1. The van der Waals surface area contributed by atoms with Gasteiger partial charge < -0.3 is 10.5 Å². The first-order valence-electron chi connectivity index (χ1n) is 4.12. The fraction of sp³-hybridized carbons (Fsp3) is 0.875. The van der Waals surface area contributed by atoms with Crippen molar-refractivity contribution in [3.8, 4) is 0 Å². The third kappa shape index (κ3) is 3.37. The average Bonchev–Trinajstić information content (AvgIpc) is 2.69. The van der Waals surface area contributed by atoms with Crippen molar-refractivity contribution in [2.45, 2.75) is 32.3 Å². The molecular weight excluding hydrogens is 142 g/mol. The van der Waals surface area contributed by atoms with Gasteiger partial charge in [-0.1, -0.05) is 13.3 Å². The molecule has 0 aromatic rings. The molecule has 1 fully saturated rings. The number of primary amides is 1. The lowest BCUT2D eigenvalue weighted by Crippen LogP contribution is -2.17. The summed E-state index contributed by atoms with van der Waals surface area (Å²) in [6.45, 7) is 2.95. The van der Waals surface area contributed by atoms with E-state index < -0.39 is 0 Å².